The summed E-state index contributed by atoms with van der Waals surface area (Å²) in [5.74, 6) is 0. The molecule has 0 atom stereocenters. The van der Waals surface area contributed by atoms with Gasteiger partial charge in [0.05, 0.1) is 139 Å². The van der Waals surface area contributed by atoms with E-state index in [-0.39, 0.29) is 0 Å². The topological polar surface area (TPSA) is 114 Å². The molecule has 39 heavy (non-hydrogen) atoms. The molecule has 0 radical (unpaired) electrons. The first-order valence-electron chi connectivity index (χ1n) is 14.4. The summed E-state index contributed by atoms with van der Waals surface area (Å²) in [6, 6.07) is 0. The van der Waals surface area contributed by atoms with Crippen LogP contribution < -0.4 is 5.32 Å². The lowest BCUT2D eigenvalue weighted by Gasteiger charge is -2.09. The number of likely N-dealkylation sites (N-methyl/N-ethyl adjacent to an activating group) is 1. The SMILES string of the molecule is CCCCOCCOCCOCCOCCOCCOCCOCCOCCOCCOCCOCCNC. The smallest absolute Gasteiger partial charge is 0.0701 e. The van der Waals surface area contributed by atoms with Crippen LogP contribution >= 0.6 is 0 Å². The third kappa shape index (κ3) is 37.5. The summed E-state index contributed by atoms with van der Waals surface area (Å²) in [4.78, 5) is 0. The number of nitrogens with one attached hydrogen (secondary N) is 1. The Labute approximate surface area is 236 Å². The normalized spacial score (nSPS) is 11.5. The van der Waals surface area contributed by atoms with Gasteiger partial charge in [-0.2, -0.15) is 0 Å². The molecule has 0 unspecified atom stereocenters. The highest BCUT2D eigenvalue weighted by molar-refractivity contribution is 4.40. The molecular formula is C27H57NO11. The molecule has 0 aliphatic rings. The van der Waals surface area contributed by atoms with E-state index in [1.54, 1.807) is 0 Å². The maximum absolute atomic E-state index is 5.47. The van der Waals surface area contributed by atoms with Crippen molar-refractivity contribution in [2.75, 3.05) is 159 Å². The Kier molecular flexibility index (Phi) is 37.1. The Morgan fingerprint density at radius 3 is 0.718 bits per heavy atom. The van der Waals surface area contributed by atoms with Crippen molar-refractivity contribution >= 4 is 0 Å². The second-order valence-electron chi connectivity index (χ2n) is 8.19. The number of ether oxygens (including phenoxy) is 11. The van der Waals surface area contributed by atoms with Gasteiger partial charge in [-0.05, 0) is 13.5 Å². The fraction of sp³-hybridized carbons (Fsp3) is 1.00. The number of hydrogen-bond acceptors (Lipinski definition) is 12. The summed E-state index contributed by atoms with van der Waals surface area (Å²) in [5.41, 5.74) is 0. The van der Waals surface area contributed by atoms with E-state index in [4.69, 9.17) is 52.1 Å². The Morgan fingerprint density at radius 2 is 0.513 bits per heavy atom. The van der Waals surface area contributed by atoms with E-state index in [0.29, 0.717) is 139 Å². The second-order valence-corrected chi connectivity index (χ2v) is 8.19. The molecule has 0 aromatic heterocycles. The highest BCUT2D eigenvalue weighted by atomic mass is 16.6. The van der Waals surface area contributed by atoms with Crippen molar-refractivity contribution in [2.24, 2.45) is 0 Å². The van der Waals surface area contributed by atoms with E-state index in [1.807, 2.05) is 7.05 Å². The minimum atomic E-state index is 0.524. The van der Waals surface area contributed by atoms with Gasteiger partial charge in [0.25, 0.3) is 0 Å². The van der Waals surface area contributed by atoms with Crippen LogP contribution in [-0.4, -0.2) is 159 Å². The highest BCUT2D eigenvalue weighted by Crippen LogP contribution is 1.89. The van der Waals surface area contributed by atoms with Gasteiger partial charge in [-0.1, -0.05) is 13.3 Å². The van der Waals surface area contributed by atoms with E-state index < -0.39 is 0 Å². The van der Waals surface area contributed by atoms with Crippen molar-refractivity contribution in [2.45, 2.75) is 19.8 Å². The second kappa shape index (κ2) is 37.5. The van der Waals surface area contributed by atoms with Gasteiger partial charge in [0, 0.05) is 13.2 Å². The van der Waals surface area contributed by atoms with Crippen molar-refractivity contribution in [3.8, 4) is 0 Å². The molecule has 0 rings (SSSR count). The molecule has 1 N–H and O–H groups in total. The standard InChI is InChI=1S/C27H57NO11/c1-3-4-6-29-8-10-31-12-14-33-16-18-35-20-22-37-24-26-39-27-25-38-23-21-36-19-17-34-15-13-32-11-9-30-7-5-28-2/h28H,3-27H2,1-2H3. The van der Waals surface area contributed by atoms with Crippen LogP contribution in [0.5, 0.6) is 0 Å². The first-order chi connectivity index (χ1) is 19.4. The molecule has 0 saturated heterocycles. The zero-order valence-corrected chi connectivity index (χ0v) is 24.7. The highest BCUT2D eigenvalue weighted by Gasteiger charge is 1.96. The van der Waals surface area contributed by atoms with Crippen molar-refractivity contribution in [3.63, 3.8) is 0 Å². The number of unbranched alkanes of at least 4 members (excludes halogenated alkanes) is 1. The van der Waals surface area contributed by atoms with Crippen molar-refractivity contribution in [1.82, 2.24) is 5.32 Å². The van der Waals surface area contributed by atoms with Gasteiger partial charge in [0.15, 0.2) is 0 Å². The van der Waals surface area contributed by atoms with Crippen molar-refractivity contribution < 1.29 is 52.1 Å². The van der Waals surface area contributed by atoms with Gasteiger partial charge >= 0.3 is 0 Å². The number of hydrogen-bond donors (Lipinski definition) is 1. The van der Waals surface area contributed by atoms with Crippen LogP contribution in [0.4, 0.5) is 0 Å². The third-order valence-corrected chi connectivity index (χ3v) is 4.86. The molecule has 0 saturated carbocycles. The molecule has 0 bridgehead atoms. The van der Waals surface area contributed by atoms with E-state index in [2.05, 4.69) is 12.2 Å². The summed E-state index contributed by atoms with van der Waals surface area (Å²) in [6.45, 7) is 15.5. The maximum Gasteiger partial charge on any atom is 0.0701 e. The van der Waals surface area contributed by atoms with Crippen LogP contribution in [0.25, 0.3) is 0 Å². The van der Waals surface area contributed by atoms with Gasteiger partial charge < -0.3 is 57.4 Å². The number of rotatable bonds is 36. The lowest BCUT2D eigenvalue weighted by Crippen LogP contribution is -2.17. The van der Waals surface area contributed by atoms with Gasteiger partial charge in [-0.25, -0.2) is 0 Å². The quantitative estimate of drug-likeness (QED) is 0.109. The van der Waals surface area contributed by atoms with Crippen LogP contribution in [-0.2, 0) is 52.1 Å². The zero-order valence-electron chi connectivity index (χ0n) is 24.7. The predicted octanol–water partition coefficient (Wildman–Crippen LogP) is 1.19. The van der Waals surface area contributed by atoms with Gasteiger partial charge in [0.2, 0.25) is 0 Å². The Morgan fingerprint density at radius 1 is 0.308 bits per heavy atom. The first kappa shape index (κ1) is 38.5. The maximum atomic E-state index is 5.47. The summed E-state index contributed by atoms with van der Waals surface area (Å²) >= 11 is 0. The molecular weight excluding hydrogens is 514 g/mol. The summed E-state index contributed by atoms with van der Waals surface area (Å²) in [6.07, 6.45) is 2.25. The molecule has 0 aromatic rings. The molecule has 0 aliphatic carbocycles. The lowest BCUT2D eigenvalue weighted by molar-refractivity contribution is -0.0274. The third-order valence-electron chi connectivity index (χ3n) is 4.86. The largest absolute Gasteiger partial charge is 0.379 e. The monoisotopic (exact) mass is 571 g/mol. The van der Waals surface area contributed by atoms with E-state index in [0.717, 1.165) is 26.0 Å². The zero-order chi connectivity index (χ0) is 28.2. The molecule has 0 heterocycles. The molecule has 0 aromatic carbocycles. The van der Waals surface area contributed by atoms with Crippen LogP contribution in [0.3, 0.4) is 0 Å². The van der Waals surface area contributed by atoms with E-state index in [1.165, 1.54) is 0 Å². The Bertz CT molecular complexity index is 389. The van der Waals surface area contributed by atoms with Gasteiger partial charge in [-0.15, -0.1) is 0 Å². The molecule has 12 heteroatoms. The minimum Gasteiger partial charge on any atom is -0.379 e. The van der Waals surface area contributed by atoms with Crippen molar-refractivity contribution in [3.05, 3.63) is 0 Å². The van der Waals surface area contributed by atoms with Crippen LogP contribution in [0.1, 0.15) is 19.8 Å². The molecule has 12 nitrogen and oxygen atoms in total. The van der Waals surface area contributed by atoms with Gasteiger partial charge in [-0.3, -0.25) is 0 Å². The minimum absolute atomic E-state index is 0.524. The first-order valence-corrected chi connectivity index (χ1v) is 14.4. The lowest BCUT2D eigenvalue weighted by atomic mass is 10.4. The van der Waals surface area contributed by atoms with Crippen LogP contribution in [0, 0.1) is 0 Å². The van der Waals surface area contributed by atoms with Crippen molar-refractivity contribution in [1.29, 1.82) is 0 Å². The molecule has 0 fully saturated rings. The molecule has 0 aliphatic heterocycles. The summed E-state index contributed by atoms with van der Waals surface area (Å²) < 4.78 is 59.8. The average molecular weight is 572 g/mol. The average Bonchev–Trinajstić information content (AvgIpc) is 2.95. The fourth-order valence-corrected chi connectivity index (χ4v) is 2.72. The summed E-state index contributed by atoms with van der Waals surface area (Å²) in [7, 11) is 1.90. The fourth-order valence-electron chi connectivity index (χ4n) is 2.72. The molecule has 0 amide bonds. The van der Waals surface area contributed by atoms with Crippen LogP contribution in [0.15, 0.2) is 0 Å². The van der Waals surface area contributed by atoms with Crippen LogP contribution in [0.2, 0.25) is 0 Å². The molecule has 236 valence electrons. The summed E-state index contributed by atoms with van der Waals surface area (Å²) in [5, 5.41) is 3.02. The van der Waals surface area contributed by atoms with Gasteiger partial charge in [0.1, 0.15) is 0 Å². The Balaban J connectivity index is 3.01. The molecule has 0 spiro atoms. The van der Waals surface area contributed by atoms with E-state index >= 15 is 0 Å². The Hall–Kier alpha value is -0.480. The predicted molar refractivity (Wildman–Crippen MR) is 148 cm³/mol. The van der Waals surface area contributed by atoms with E-state index in [9.17, 15) is 0 Å².